The molecule has 0 spiro atoms. The number of aliphatic carboxylic acids is 1. The van der Waals surface area contributed by atoms with Crippen LogP contribution in [0.15, 0.2) is 28.7 Å². The first-order chi connectivity index (χ1) is 9.10. The highest BCUT2D eigenvalue weighted by molar-refractivity contribution is 6.19. The van der Waals surface area contributed by atoms with Gasteiger partial charge >= 0.3 is 5.97 Å². The maximum absolute atomic E-state index is 11.3. The Labute approximate surface area is 110 Å². The Morgan fingerprint density at radius 3 is 2.53 bits per heavy atom. The molecule has 0 unspecified atom stereocenters. The van der Waals surface area contributed by atoms with Crippen molar-refractivity contribution in [2.45, 2.75) is 20.3 Å². The van der Waals surface area contributed by atoms with Gasteiger partial charge in [0, 0.05) is 6.42 Å². The van der Waals surface area contributed by atoms with Crippen molar-refractivity contribution in [3.05, 3.63) is 47.2 Å². The molecular weight excluding hydrogens is 244 g/mol. The molecule has 0 aliphatic carbocycles. The van der Waals surface area contributed by atoms with Crippen molar-refractivity contribution >= 4 is 17.6 Å². The first-order valence-corrected chi connectivity index (χ1v) is 5.94. The quantitative estimate of drug-likeness (QED) is 0.853. The molecule has 0 bridgehead atoms. The summed E-state index contributed by atoms with van der Waals surface area (Å²) < 4.78 is 5.28. The standard InChI is InChI=1S/C14H14N2O3/c1-3-12-15-16-13(19-12)11(14(17)18)8-10-6-4-9(2)5-7-10/h4-8H,3H2,1-2H3,(H,17,18)/b11-8-. The minimum absolute atomic E-state index is 0.00365. The number of hydrogen-bond donors (Lipinski definition) is 1. The van der Waals surface area contributed by atoms with Crippen LogP contribution in [0.1, 0.15) is 29.8 Å². The number of nitrogens with zero attached hydrogens (tertiary/aromatic N) is 2. The Morgan fingerprint density at radius 2 is 2.00 bits per heavy atom. The molecule has 0 aliphatic rings. The van der Waals surface area contributed by atoms with Crippen LogP contribution in [0.3, 0.4) is 0 Å². The zero-order valence-electron chi connectivity index (χ0n) is 10.8. The maximum Gasteiger partial charge on any atom is 0.341 e. The predicted octanol–water partition coefficient (Wildman–Crippen LogP) is 2.57. The third kappa shape index (κ3) is 3.07. The lowest BCUT2D eigenvalue weighted by atomic mass is 10.1. The monoisotopic (exact) mass is 258 g/mol. The van der Waals surface area contributed by atoms with Crippen molar-refractivity contribution < 1.29 is 14.3 Å². The van der Waals surface area contributed by atoms with E-state index in [-0.39, 0.29) is 11.5 Å². The fourth-order valence-corrected chi connectivity index (χ4v) is 1.55. The molecule has 1 heterocycles. The normalized spacial score (nSPS) is 11.6. The van der Waals surface area contributed by atoms with Gasteiger partial charge in [-0.25, -0.2) is 4.79 Å². The molecule has 5 nitrogen and oxygen atoms in total. The minimum atomic E-state index is -1.09. The van der Waals surface area contributed by atoms with E-state index in [1.807, 2.05) is 38.1 Å². The number of carbonyl (C=O) groups is 1. The first-order valence-electron chi connectivity index (χ1n) is 5.94. The highest BCUT2D eigenvalue weighted by atomic mass is 16.4. The molecular formula is C14H14N2O3. The molecule has 1 N–H and O–H groups in total. The zero-order chi connectivity index (χ0) is 13.8. The molecule has 0 atom stereocenters. The van der Waals surface area contributed by atoms with Gasteiger partial charge in [-0.1, -0.05) is 36.8 Å². The molecule has 1 aromatic carbocycles. The lowest BCUT2D eigenvalue weighted by Gasteiger charge is -1.98. The number of aryl methyl sites for hydroxylation is 2. The zero-order valence-corrected chi connectivity index (χ0v) is 10.8. The smallest absolute Gasteiger partial charge is 0.341 e. The molecule has 2 rings (SSSR count). The summed E-state index contributed by atoms with van der Waals surface area (Å²) in [6.45, 7) is 3.83. The Morgan fingerprint density at radius 1 is 1.32 bits per heavy atom. The SMILES string of the molecule is CCc1nnc(/C(=C/c2ccc(C)cc2)C(=O)O)o1. The second-order valence-electron chi connectivity index (χ2n) is 4.13. The summed E-state index contributed by atoms with van der Waals surface area (Å²) in [7, 11) is 0. The summed E-state index contributed by atoms with van der Waals surface area (Å²) in [6.07, 6.45) is 2.10. The van der Waals surface area contributed by atoms with Crippen molar-refractivity contribution in [3.8, 4) is 0 Å². The highest BCUT2D eigenvalue weighted by Gasteiger charge is 2.17. The highest BCUT2D eigenvalue weighted by Crippen LogP contribution is 2.18. The fraction of sp³-hybridized carbons (Fsp3) is 0.214. The second kappa shape index (κ2) is 5.48. The molecule has 0 aliphatic heterocycles. The summed E-state index contributed by atoms with van der Waals surface area (Å²) in [5.41, 5.74) is 1.88. The summed E-state index contributed by atoms with van der Waals surface area (Å²) in [5, 5.41) is 16.8. The van der Waals surface area contributed by atoms with Crippen molar-refractivity contribution in [1.29, 1.82) is 0 Å². The first kappa shape index (κ1) is 13.0. The van der Waals surface area contributed by atoms with Crippen molar-refractivity contribution in [1.82, 2.24) is 10.2 Å². The van der Waals surface area contributed by atoms with E-state index in [1.54, 1.807) is 0 Å². The molecule has 0 saturated carbocycles. The number of carboxylic acids is 1. The van der Waals surface area contributed by atoms with Crippen LogP contribution in [0.25, 0.3) is 11.6 Å². The molecule has 98 valence electrons. The van der Waals surface area contributed by atoms with Crippen LogP contribution in [0, 0.1) is 6.92 Å². The van der Waals surface area contributed by atoms with Gasteiger partial charge < -0.3 is 9.52 Å². The van der Waals surface area contributed by atoms with Gasteiger partial charge in [0.25, 0.3) is 5.89 Å². The van der Waals surface area contributed by atoms with E-state index < -0.39 is 5.97 Å². The average molecular weight is 258 g/mol. The van der Waals surface area contributed by atoms with Crippen LogP contribution in [0.4, 0.5) is 0 Å². The number of benzene rings is 1. The van der Waals surface area contributed by atoms with Gasteiger partial charge in [0.15, 0.2) is 0 Å². The maximum atomic E-state index is 11.3. The molecule has 5 heteroatoms. The molecule has 1 aromatic heterocycles. The summed E-state index contributed by atoms with van der Waals surface area (Å²) in [5.74, 6) is -0.636. The minimum Gasteiger partial charge on any atom is -0.477 e. The van der Waals surface area contributed by atoms with E-state index in [0.717, 1.165) is 11.1 Å². The Hall–Kier alpha value is -2.43. The van der Waals surface area contributed by atoms with E-state index in [9.17, 15) is 9.90 Å². The molecule has 0 saturated heterocycles. The van der Waals surface area contributed by atoms with Crippen LogP contribution in [0.5, 0.6) is 0 Å². The Bertz CT molecular complexity index is 612. The molecule has 0 fully saturated rings. The molecule has 19 heavy (non-hydrogen) atoms. The third-order valence-electron chi connectivity index (χ3n) is 2.62. The van der Waals surface area contributed by atoms with E-state index in [2.05, 4.69) is 10.2 Å². The number of hydrogen-bond acceptors (Lipinski definition) is 4. The van der Waals surface area contributed by atoms with Crippen molar-refractivity contribution in [2.75, 3.05) is 0 Å². The summed E-state index contributed by atoms with van der Waals surface area (Å²) in [6, 6.07) is 7.51. The average Bonchev–Trinajstić information content (AvgIpc) is 2.86. The lowest BCUT2D eigenvalue weighted by Crippen LogP contribution is -2.00. The Kier molecular flexibility index (Phi) is 3.75. The van der Waals surface area contributed by atoms with E-state index >= 15 is 0 Å². The van der Waals surface area contributed by atoms with Gasteiger partial charge in [-0.15, -0.1) is 10.2 Å². The number of rotatable bonds is 4. The van der Waals surface area contributed by atoms with Gasteiger partial charge in [-0.2, -0.15) is 0 Å². The summed E-state index contributed by atoms with van der Waals surface area (Å²) >= 11 is 0. The van der Waals surface area contributed by atoms with E-state index in [1.165, 1.54) is 6.08 Å². The molecule has 0 radical (unpaired) electrons. The van der Waals surface area contributed by atoms with E-state index in [0.29, 0.717) is 12.3 Å². The predicted molar refractivity (Wildman–Crippen MR) is 70.4 cm³/mol. The van der Waals surface area contributed by atoms with Gasteiger partial charge in [0.1, 0.15) is 5.57 Å². The van der Waals surface area contributed by atoms with Crippen LogP contribution >= 0.6 is 0 Å². The molecule has 0 amide bonds. The summed E-state index contributed by atoms with van der Waals surface area (Å²) in [4.78, 5) is 11.3. The van der Waals surface area contributed by atoms with E-state index in [4.69, 9.17) is 4.42 Å². The number of aromatic nitrogens is 2. The van der Waals surface area contributed by atoms with Crippen molar-refractivity contribution in [3.63, 3.8) is 0 Å². The second-order valence-corrected chi connectivity index (χ2v) is 4.13. The molecule has 2 aromatic rings. The third-order valence-corrected chi connectivity index (χ3v) is 2.62. The van der Waals surface area contributed by atoms with Crippen LogP contribution in [-0.4, -0.2) is 21.3 Å². The van der Waals surface area contributed by atoms with Gasteiger partial charge in [0.05, 0.1) is 0 Å². The lowest BCUT2D eigenvalue weighted by molar-refractivity contribution is -0.130. The van der Waals surface area contributed by atoms with Gasteiger partial charge in [-0.05, 0) is 18.6 Å². The van der Waals surface area contributed by atoms with Crippen molar-refractivity contribution in [2.24, 2.45) is 0 Å². The Balaban J connectivity index is 2.39. The fourth-order valence-electron chi connectivity index (χ4n) is 1.55. The van der Waals surface area contributed by atoms with Gasteiger partial charge in [0.2, 0.25) is 5.89 Å². The van der Waals surface area contributed by atoms with Gasteiger partial charge in [-0.3, -0.25) is 0 Å². The largest absolute Gasteiger partial charge is 0.477 e. The number of carboxylic acid groups (broad SMARTS) is 1. The van der Waals surface area contributed by atoms with Crippen LogP contribution in [-0.2, 0) is 11.2 Å². The topological polar surface area (TPSA) is 76.2 Å². The van der Waals surface area contributed by atoms with Crippen LogP contribution in [0.2, 0.25) is 0 Å². The van der Waals surface area contributed by atoms with Crippen LogP contribution < -0.4 is 0 Å².